The van der Waals surface area contributed by atoms with E-state index in [-0.39, 0.29) is 11.3 Å². The first kappa shape index (κ1) is 14.0. The monoisotopic (exact) mass is 299 g/mol. The number of rotatable bonds is 5. The van der Waals surface area contributed by atoms with Crippen LogP contribution < -0.4 is 5.73 Å². The second kappa shape index (κ2) is 6.24. The summed E-state index contributed by atoms with van der Waals surface area (Å²) in [5.74, 6) is 0. The van der Waals surface area contributed by atoms with Crippen LogP contribution in [-0.4, -0.2) is 25.6 Å². The second-order valence-corrected chi connectivity index (χ2v) is 5.92. The van der Waals surface area contributed by atoms with Crippen molar-refractivity contribution in [1.29, 1.82) is 0 Å². The van der Waals surface area contributed by atoms with Gasteiger partial charge < -0.3 is 5.73 Å². The van der Waals surface area contributed by atoms with Crippen LogP contribution in [0.2, 0.25) is 0 Å². The second-order valence-electron chi connectivity index (χ2n) is 4.81. The molecule has 0 saturated carbocycles. The molecule has 0 aromatic carbocycles. The molecule has 0 radical (unpaired) electrons. The molecule has 3 aromatic rings. The third kappa shape index (κ3) is 2.91. The van der Waals surface area contributed by atoms with E-state index in [1.54, 1.807) is 18.0 Å². The average Bonchev–Trinajstić information content (AvgIpc) is 2.96. The Morgan fingerprint density at radius 1 is 1.24 bits per heavy atom. The topological polar surface area (TPSA) is 69.1 Å². The summed E-state index contributed by atoms with van der Waals surface area (Å²) in [7, 11) is 0. The van der Waals surface area contributed by atoms with Crippen molar-refractivity contribution in [2.75, 3.05) is 0 Å². The lowest BCUT2D eigenvalue weighted by molar-refractivity contribution is 0.631. The lowest BCUT2D eigenvalue weighted by Crippen LogP contribution is -2.25. The van der Waals surface area contributed by atoms with Gasteiger partial charge in [0.05, 0.1) is 5.25 Å². The van der Waals surface area contributed by atoms with E-state index in [0.717, 1.165) is 22.8 Å². The van der Waals surface area contributed by atoms with E-state index in [0.29, 0.717) is 0 Å². The Bertz CT molecular complexity index is 712. The molecule has 0 spiro atoms. The number of hydrogen-bond donors (Lipinski definition) is 1. The molecule has 3 rings (SSSR count). The van der Waals surface area contributed by atoms with E-state index in [1.807, 2.05) is 41.1 Å². The Morgan fingerprint density at radius 3 is 2.90 bits per heavy atom. The predicted molar refractivity (Wildman–Crippen MR) is 84.1 cm³/mol. The molecule has 2 N–H and O–H groups in total. The zero-order valence-corrected chi connectivity index (χ0v) is 12.6. The van der Waals surface area contributed by atoms with Crippen molar-refractivity contribution in [2.45, 2.75) is 29.8 Å². The van der Waals surface area contributed by atoms with E-state index in [1.165, 1.54) is 0 Å². The van der Waals surface area contributed by atoms with Gasteiger partial charge in [0.15, 0.2) is 10.8 Å². The van der Waals surface area contributed by atoms with Crippen LogP contribution in [0.25, 0.3) is 5.65 Å². The number of thioether (sulfide) groups is 1. The van der Waals surface area contributed by atoms with E-state index in [4.69, 9.17) is 5.73 Å². The molecule has 108 valence electrons. The number of aromatic nitrogens is 4. The standard InChI is InChI=1S/C15H17N5S/c1-2-12(16)14(11-6-5-8-17-10-11)21-15-19-18-13-7-3-4-9-20(13)15/h3-10,12,14H,2,16H2,1H3. The summed E-state index contributed by atoms with van der Waals surface area (Å²) in [6, 6.07) is 9.90. The van der Waals surface area contributed by atoms with Gasteiger partial charge in [0.2, 0.25) is 0 Å². The molecule has 21 heavy (non-hydrogen) atoms. The molecule has 0 amide bonds. The molecule has 2 unspecified atom stereocenters. The highest BCUT2D eigenvalue weighted by atomic mass is 32.2. The molecule has 3 heterocycles. The van der Waals surface area contributed by atoms with Gasteiger partial charge in [-0.15, -0.1) is 10.2 Å². The molecule has 0 aliphatic carbocycles. The van der Waals surface area contributed by atoms with Crippen LogP contribution in [0.15, 0.2) is 54.1 Å². The van der Waals surface area contributed by atoms with Gasteiger partial charge >= 0.3 is 0 Å². The van der Waals surface area contributed by atoms with Crippen LogP contribution in [0.3, 0.4) is 0 Å². The van der Waals surface area contributed by atoms with Crippen molar-refractivity contribution in [1.82, 2.24) is 19.6 Å². The van der Waals surface area contributed by atoms with Crippen LogP contribution in [-0.2, 0) is 0 Å². The van der Waals surface area contributed by atoms with Gasteiger partial charge in [0.25, 0.3) is 0 Å². The van der Waals surface area contributed by atoms with Crippen LogP contribution in [0.5, 0.6) is 0 Å². The molecule has 3 aromatic heterocycles. The highest BCUT2D eigenvalue weighted by molar-refractivity contribution is 7.99. The van der Waals surface area contributed by atoms with E-state index < -0.39 is 0 Å². The third-order valence-corrected chi connectivity index (χ3v) is 4.75. The van der Waals surface area contributed by atoms with Gasteiger partial charge in [-0.1, -0.05) is 30.8 Å². The maximum atomic E-state index is 6.30. The minimum absolute atomic E-state index is 0.0373. The number of nitrogens with zero attached hydrogens (tertiary/aromatic N) is 4. The molecule has 0 aliphatic heterocycles. The Kier molecular flexibility index (Phi) is 4.17. The van der Waals surface area contributed by atoms with E-state index in [9.17, 15) is 0 Å². The Labute approximate surface area is 127 Å². The molecular weight excluding hydrogens is 282 g/mol. The molecular formula is C15H17N5S. The van der Waals surface area contributed by atoms with Crippen molar-refractivity contribution >= 4 is 17.4 Å². The summed E-state index contributed by atoms with van der Waals surface area (Å²) < 4.78 is 1.98. The fourth-order valence-electron chi connectivity index (χ4n) is 2.17. The quantitative estimate of drug-likeness (QED) is 0.734. The average molecular weight is 299 g/mol. The Balaban J connectivity index is 1.95. The van der Waals surface area contributed by atoms with Crippen LogP contribution in [0.1, 0.15) is 24.2 Å². The number of hydrogen-bond acceptors (Lipinski definition) is 5. The zero-order valence-electron chi connectivity index (χ0n) is 11.8. The minimum atomic E-state index is 0.0373. The largest absolute Gasteiger partial charge is 0.326 e. The predicted octanol–water partition coefficient (Wildman–Crippen LogP) is 2.70. The van der Waals surface area contributed by atoms with Crippen molar-refractivity contribution in [3.8, 4) is 0 Å². The molecule has 0 fully saturated rings. The number of nitrogens with two attached hydrogens (primary N) is 1. The summed E-state index contributed by atoms with van der Waals surface area (Å²) in [6.07, 6.45) is 6.50. The van der Waals surface area contributed by atoms with Gasteiger partial charge in [-0.25, -0.2) is 0 Å². The number of pyridine rings is 2. The van der Waals surface area contributed by atoms with Gasteiger partial charge in [0.1, 0.15) is 0 Å². The zero-order chi connectivity index (χ0) is 14.7. The van der Waals surface area contributed by atoms with Gasteiger partial charge in [-0.2, -0.15) is 0 Å². The minimum Gasteiger partial charge on any atom is -0.326 e. The van der Waals surface area contributed by atoms with Crippen molar-refractivity contribution < 1.29 is 0 Å². The SMILES string of the molecule is CCC(N)C(Sc1nnc2ccccn12)c1cccnc1. The van der Waals surface area contributed by atoms with Crippen molar-refractivity contribution in [3.05, 3.63) is 54.5 Å². The molecule has 0 bridgehead atoms. The smallest absolute Gasteiger partial charge is 0.196 e. The molecule has 6 heteroatoms. The fourth-order valence-corrected chi connectivity index (χ4v) is 3.40. The first-order chi connectivity index (χ1) is 10.3. The van der Waals surface area contributed by atoms with Crippen molar-refractivity contribution in [2.24, 2.45) is 5.73 Å². The van der Waals surface area contributed by atoms with Gasteiger partial charge in [-0.3, -0.25) is 9.38 Å². The maximum absolute atomic E-state index is 6.30. The molecule has 5 nitrogen and oxygen atoms in total. The normalized spacial score (nSPS) is 14.2. The fraction of sp³-hybridized carbons (Fsp3) is 0.267. The van der Waals surface area contributed by atoms with Gasteiger partial charge in [0, 0.05) is 24.6 Å². The van der Waals surface area contributed by atoms with Crippen LogP contribution in [0.4, 0.5) is 0 Å². The number of fused-ring (bicyclic) bond motifs is 1. The van der Waals surface area contributed by atoms with Crippen molar-refractivity contribution in [3.63, 3.8) is 0 Å². The summed E-state index contributed by atoms with van der Waals surface area (Å²) in [6.45, 7) is 2.09. The summed E-state index contributed by atoms with van der Waals surface area (Å²) in [5.41, 5.74) is 8.26. The lowest BCUT2D eigenvalue weighted by atomic mass is 10.1. The van der Waals surface area contributed by atoms with E-state index in [2.05, 4.69) is 28.2 Å². The first-order valence-corrected chi connectivity index (χ1v) is 7.79. The Morgan fingerprint density at radius 2 is 2.14 bits per heavy atom. The first-order valence-electron chi connectivity index (χ1n) is 6.91. The maximum Gasteiger partial charge on any atom is 0.196 e. The van der Waals surface area contributed by atoms with Gasteiger partial charge in [-0.05, 0) is 30.2 Å². The Hall–Kier alpha value is -1.92. The summed E-state index contributed by atoms with van der Waals surface area (Å²) in [4.78, 5) is 4.20. The highest BCUT2D eigenvalue weighted by Gasteiger charge is 2.22. The van der Waals surface area contributed by atoms with Crippen LogP contribution >= 0.6 is 11.8 Å². The van der Waals surface area contributed by atoms with Crippen LogP contribution in [0, 0.1) is 0 Å². The molecule has 0 saturated heterocycles. The molecule has 0 aliphatic rings. The molecule has 2 atom stereocenters. The summed E-state index contributed by atoms with van der Waals surface area (Å²) >= 11 is 1.63. The highest BCUT2D eigenvalue weighted by Crippen LogP contribution is 2.36. The summed E-state index contributed by atoms with van der Waals surface area (Å²) in [5, 5.41) is 9.42. The third-order valence-electron chi connectivity index (χ3n) is 3.39. The van der Waals surface area contributed by atoms with E-state index >= 15 is 0 Å². The lowest BCUT2D eigenvalue weighted by Gasteiger charge is -2.21.